The molecule has 8 nitrogen and oxygen atoms in total. The Morgan fingerprint density at radius 2 is 2.04 bits per heavy atom. The summed E-state index contributed by atoms with van der Waals surface area (Å²) in [6.07, 6.45) is 6.52. The Bertz CT molecular complexity index is 806. The van der Waals surface area contributed by atoms with E-state index in [-0.39, 0.29) is 12.6 Å². The van der Waals surface area contributed by atoms with Gasteiger partial charge in [0.25, 0.3) is 0 Å². The predicted molar refractivity (Wildman–Crippen MR) is 92.0 cm³/mol. The smallest absolute Gasteiger partial charge is 0.388 e. The van der Waals surface area contributed by atoms with Crippen LogP contribution in [0.15, 0.2) is 43.0 Å². The molecule has 3 rings (SSSR count). The van der Waals surface area contributed by atoms with Crippen LogP contribution in [0.25, 0.3) is 11.1 Å². The molecule has 144 valence electrons. The van der Waals surface area contributed by atoms with Crippen molar-refractivity contribution in [2.75, 3.05) is 13.3 Å². The van der Waals surface area contributed by atoms with Gasteiger partial charge in [-0.25, -0.2) is 9.97 Å². The number of nitrogens with zero attached hydrogens (tertiary/aromatic N) is 4. The lowest BCUT2D eigenvalue weighted by Crippen LogP contribution is -2.39. The second kappa shape index (κ2) is 8.60. The van der Waals surface area contributed by atoms with E-state index >= 15 is 0 Å². The summed E-state index contributed by atoms with van der Waals surface area (Å²) in [6.45, 7) is -0.410. The molecule has 0 amide bonds. The highest BCUT2D eigenvalue weighted by atomic mass is 19.3. The van der Waals surface area contributed by atoms with E-state index < -0.39 is 6.61 Å². The third-order valence-electron chi connectivity index (χ3n) is 3.63. The third kappa shape index (κ3) is 4.80. The fourth-order valence-electron chi connectivity index (χ4n) is 2.53. The minimum Gasteiger partial charge on any atom is -0.478 e. The summed E-state index contributed by atoms with van der Waals surface area (Å²) in [5.41, 5.74) is 5.03. The standard InChI is InChI=1S/C17H19F2N5O3/c1-2-26-16-14(13-3-4-20-15(8-13)27-17(18)19)7-12(9-21-16)10-23-5-6-24(11-25)22-23/h3-9,17,22,25H,2,10-11H2,1H3. The van der Waals surface area contributed by atoms with Crippen LogP contribution < -0.4 is 15.0 Å². The Labute approximate surface area is 154 Å². The van der Waals surface area contributed by atoms with Crippen LogP contribution in [0.1, 0.15) is 12.5 Å². The molecule has 2 N–H and O–H groups in total. The molecule has 1 aliphatic heterocycles. The third-order valence-corrected chi connectivity index (χ3v) is 3.63. The second-order valence-corrected chi connectivity index (χ2v) is 5.53. The van der Waals surface area contributed by atoms with Crippen molar-refractivity contribution < 1.29 is 23.4 Å². The highest BCUT2D eigenvalue weighted by Crippen LogP contribution is 2.31. The molecule has 0 fully saturated rings. The van der Waals surface area contributed by atoms with Gasteiger partial charge in [0.2, 0.25) is 11.8 Å². The number of alkyl halides is 2. The fraction of sp³-hybridized carbons (Fsp3) is 0.294. The van der Waals surface area contributed by atoms with E-state index in [1.165, 1.54) is 17.3 Å². The molecule has 27 heavy (non-hydrogen) atoms. The number of pyridine rings is 2. The van der Waals surface area contributed by atoms with Gasteiger partial charge in [0.05, 0.1) is 13.2 Å². The maximum Gasteiger partial charge on any atom is 0.388 e. The van der Waals surface area contributed by atoms with Crippen molar-refractivity contribution in [3.8, 4) is 22.9 Å². The zero-order valence-electron chi connectivity index (χ0n) is 14.5. The minimum absolute atomic E-state index is 0.163. The van der Waals surface area contributed by atoms with Crippen LogP contribution in [0.2, 0.25) is 0 Å². The molecule has 0 bridgehead atoms. The maximum absolute atomic E-state index is 12.5. The summed E-state index contributed by atoms with van der Waals surface area (Å²) in [7, 11) is 0. The average molecular weight is 379 g/mol. The summed E-state index contributed by atoms with van der Waals surface area (Å²) in [5.74, 6) is 0.204. The van der Waals surface area contributed by atoms with Crippen LogP contribution in [0.5, 0.6) is 11.8 Å². The lowest BCUT2D eigenvalue weighted by Gasteiger charge is -2.21. The van der Waals surface area contributed by atoms with Crippen LogP contribution in [0.4, 0.5) is 8.78 Å². The molecule has 0 aromatic carbocycles. The first-order valence-corrected chi connectivity index (χ1v) is 8.20. The molecule has 1 aliphatic rings. The monoisotopic (exact) mass is 379 g/mol. The number of hydrogen-bond acceptors (Lipinski definition) is 8. The van der Waals surface area contributed by atoms with Crippen LogP contribution in [-0.4, -0.2) is 45.0 Å². The molecule has 2 aromatic rings. The second-order valence-electron chi connectivity index (χ2n) is 5.53. The number of aliphatic hydroxyl groups is 1. The van der Waals surface area contributed by atoms with Crippen molar-refractivity contribution in [3.63, 3.8) is 0 Å². The van der Waals surface area contributed by atoms with E-state index in [1.807, 2.05) is 13.0 Å². The molecular formula is C17H19F2N5O3. The van der Waals surface area contributed by atoms with Crippen LogP contribution >= 0.6 is 0 Å². The highest BCUT2D eigenvalue weighted by Gasteiger charge is 2.15. The van der Waals surface area contributed by atoms with Gasteiger partial charge in [-0.05, 0) is 30.2 Å². The molecule has 0 atom stereocenters. The van der Waals surface area contributed by atoms with E-state index in [0.717, 1.165) is 5.56 Å². The number of aliphatic hydroxyl groups excluding tert-OH is 1. The Hall–Kier alpha value is -2.98. The summed E-state index contributed by atoms with van der Waals surface area (Å²) in [6, 6.07) is 4.94. The van der Waals surface area contributed by atoms with Crippen LogP contribution in [0.3, 0.4) is 0 Å². The largest absolute Gasteiger partial charge is 0.478 e. The van der Waals surface area contributed by atoms with Crippen molar-refractivity contribution in [2.24, 2.45) is 0 Å². The van der Waals surface area contributed by atoms with Crippen molar-refractivity contribution in [3.05, 3.63) is 48.6 Å². The number of halogens is 2. The van der Waals surface area contributed by atoms with E-state index in [0.29, 0.717) is 30.2 Å². The summed E-state index contributed by atoms with van der Waals surface area (Å²) < 4.78 is 34.9. The molecule has 0 aliphatic carbocycles. The van der Waals surface area contributed by atoms with Gasteiger partial charge in [-0.3, -0.25) is 10.0 Å². The summed E-state index contributed by atoms with van der Waals surface area (Å²) in [4.78, 5) is 8.13. The van der Waals surface area contributed by atoms with E-state index in [1.54, 1.807) is 29.7 Å². The van der Waals surface area contributed by atoms with Crippen molar-refractivity contribution in [2.45, 2.75) is 20.1 Å². The maximum atomic E-state index is 12.5. The number of nitrogens with one attached hydrogen (secondary N) is 1. The Balaban J connectivity index is 1.87. The molecular weight excluding hydrogens is 360 g/mol. The van der Waals surface area contributed by atoms with Gasteiger partial charge < -0.3 is 14.6 Å². The van der Waals surface area contributed by atoms with Gasteiger partial charge in [-0.1, -0.05) is 0 Å². The molecule has 10 heteroatoms. The molecule has 0 spiro atoms. The lowest BCUT2D eigenvalue weighted by atomic mass is 10.1. The van der Waals surface area contributed by atoms with Crippen LogP contribution in [0, 0.1) is 0 Å². The van der Waals surface area contributed by atoms with Crippen molar-refractivity contribution >= 4 is 0 Å². The Kier molecular flexibility index (Phi) is 5.99. The minimum atomic E-state index is -2.95. The zero-order chi connectivity index (χ0) is 19.2. The average Bonchev–Trinajstić information content (AvgIpc) is 3.10. The number of ether oxygens (including phenoxy) is 2. The summed E-state index contributed by atoms with van der Waals surface area (Å²) >= 11 is 0. The van der Waals surface area contributed by atoms with Gasteiger partial charge in [-0.15, -0.1) is 5.53 Å². The summed E-state index contributed by atoms with van der Waals surface area (Å²) in [5, 5.41) is 12.4. The first kappa shape index (κ1) is 18.8. The quantitative estimate of drug-likeness (QED) is 0.722. The zero-order valence-corrected chi connectivity index (χ0v) is 14.5. The van der Waals surface area contributed by atoms with Gasteiger partial charge in [0, 0.05) is 36.4 Å². The first-order chi connectivity index (χ1) is 13.1. The molecule has 0 unspecified atom stereocenters. The predicted octanol–water partition coefficient (Wildman–Crippen LogP) is 2.10. The van der Waals surface area contributed by atoms with Gasteiger partial charge in [0.15, 0.2) is 0 Å². The van der Waals surface area contributed by atoms with E-state index in [2.05, 4.69) is 20.2 Å². The molecule has 0 saturated heterocycles. The molecule has 0 saturated carbocycles. The number of aromatic nitrogens is 2. The Morgan fingerprint density at radius 1 is 1.22 bits per heavy atom. The number of hydrazine groups is 2. The highest BCUT2D eigenvalue weighted by molar-refractivity contribution is 5.69. The normalized spacial score (nSPS) is 13.5. The topological polar surface area (TPSA) is 83.0 Å². The van der Waals surface area contributed by atoms with Gasteiger partial charge in [0.1, 0.15) is 6.73 Å². The van der Waals surface area contributed by atoms with E-state index in [4.69, 9.17) is 9.84 Å². The molecule has 3 heterocycles. The fourth-order valence-corrected chi connectivity index (χ4v) is 2.53. The van der Waals surface area contributed by atoms with Crippen LogP contribution in [-0.2, 0) is 6.54 Å². The number of hydrogen-bond donors (Lipinski definition) is 2. The lowest BCUT2D eigenvalue weighted by molar-refractivity contribution is -0.0528. The molecule has 2 aromatic heterocycles. The van der Waals surface area contributed by atoms with Gasteiger partial charge in [-0.2, -0.15) is 8.78 Å². The number of rotatable bonds is 8. The van der Waals surface area contributed by atoms with Gasteiger partial charge >= 0.3 is 6.61 Å². The molecule has 0 radical (unpaired) electrons. The Morgan fingerprint density at radius 3 is 2.74 bits per heavy atom. The first-order valence-electron chi connectivity index (χ1n) is 8.20. The van der Waals surface area contributed by atoms with Crippen molar-refractivity contribution in [1.29, 1.82) is 0 Å². The van der Waals surface area contributed by atoms with Crippen molar-refractivity contribution in [1.82, 2.24) is 25.5 Å². The SMILES string of the molecule is CCOc1ncc(CN2C=CN(CO)N2)cc1-c1ccnc(OC(F)F)c1. The van der Waals surface area contributed by atoms with E-state index in [9.17, 15) is 8.78 Å².